The molecule has 0 aliphatic heterocycles. The Balaban J connectivity index is 2.52. The van der Waals surface area contributed by atoms with Gasteiger partial charge in [0.1, 0.15) is 5.82 Å². The summed E-state index contributed by atoms with van der Waals surface area (Å²) in [5, 5.41) is 3.38. The molecule has 1 aromatic carbocycles. The van der Waals surface area contributed by atoms with E-state index in [1.54, 1.807) is 12.1 Å². The van der Waals surface area contributed by atoms with Gasteiger partial charge < -0.3 is 5.32 Å². The van der Waals surface area contributed by atoms with E-state index in [-0.39, 0.29) is 5.82 Å². The van der Waals surface area contributed by atoms with E-state index < -0.39 is 0 Å². The molecule has 0 unspecified atom stereocenters. The highest BCUT2D eigenvalue weighted by Crippen LogP contribution is 2.19. The monoisotopic (exact) mass is 249 g/mol. The fraction of sp³-hybridized carbons (Fsp3) is 0.500. The molecular weight excluding hydrogens is 225 g/mol. The molecule has 0 radical (unpaired) electrons. The molecule has 18 heavy (non-hydrogen) atoms. The van der Waals surface area contributed by atoms with Crippen LogP contribution in [0.2, 0.25) is 0 Å². The van der Waals surface area contributed by atoms with Crippen molar-refractivity contribution in [3.63, 3.8) is 0 Å². The third-order valence-corrected chi connectivity index (χ3v) is 2.87. The van der Waals surface area contributed by atoms with Crippen LogP contribution in [-0.2, 0) is 0 Å². The van der Waals surface area contributed by atoms with Crippen molar-refractivity contribution in [1.29, 1.82) is 0 Å². The van der Waals surface area contributed by atoms with Crippen molar-refractivity contribution in [3.05, 3.63) is 41.2 Å². The normalized spacial score (nSPS) is 12.2. The summed E-state index contributed by atoms with van der Waals surface area (Å²) in [5.74, 6) is 0.536. The maximum atomic E-state index is 13.6. The number of hydrogen-bond acceptors (Lipinski definition) is 1. The highest BCUT2D eigenvalue weighted by atomic mass is 19.1. The first kappa shape index (κ1) is 14.9. The van der Waals surface area contributed by atoms with E-state index >= 15 is 0 Å². The lowest BCUT2D eigenvalue weighted by Crippen LogP contribution is -2.20. The van der Waals surface area contributed by atoms with Gasteiger partial charge in [0, 0.05) is 5.56 Å². The molecule has 1 aromatic rings. The molecule has 0 spiro atoms. The quantitative estimate of drug-likeness (QED) is 0.746. The summed E-state index contributed by atoms with van der Waals surface area (Å²) in [5.41, 5.74) is 2.83. The fourth-order valence-corrected chi connectivity index (χ4v) is 1.83. The summed E-state index contributed by atoms with van der Waals surface area (Å²) < 4.78 is 13.6. The third kappa shape index (κ3) is 5.01. The maximum Gasteiger partial charge on any atom is 0.130 e. The highest BCUT2D eigenvalue weighted by molar-refractivity contribution is 5.64. The van der Waals surface area contributed by atoms with Crippen LogP contribution in [0.3, 0.4) is 0 Å². The van der Waals surface area contributed by atoms with E-state index in [1.165, 1.54) is 0 Å². The van der Waals surface area contributed by atoms with Crippen LogP contribution in [0.25, 0.3) is 5.57 Å². The summed E-state index contributed by atoms with van der Waals surface area (Å²) in [6, 6.07) is 5.25. The highest BCUT2D eigenvalue weighted by Gasteiger charge is 2.03. The molecule has 1 nitrogen and oxygen atoms in total. The van der Waals surface area contributed by atoms with E-state index in [0.29, 0.717) is 5.92 Å². The topological polar surface area (TPSA) is 12.0 Å². The van der Waals surface area contributed by atoms with E-state index in [0.717, 1.165) is 36.2 Å². The summed E-state index contributed by atoms with van der Waals surface area (Å²) in [6.07, 6.45) is 3.04. The molecular formula is C16H24FN. The van der Waals surface area contributed by atoms with Crippen LogP contribution in [0.15, 0.2) is 24.3 Å². The SMILES string of the molecule is CC(=CCCNCC(C)C)c1cc(C)ccc1F. The van der Waals surface area contributed by atoms with Gasteiger partial charge in [-0.1, -0.05) is 31.6 Å². The Labute approximate surface area is 110 Å². The smallest absolute Gasteiger partial charge is 0.130 e. The Morgan fingerprint density at radius 1 is 1.39 bits per heavy atom. The van der Waals surface area contributed by atoms with Crippen molar-refractivity contribution >= 4 is 5.57 Å². The van der Waals surface area contributed by atoms with Gasteiger partial charge in [0.05, 0.1) is 0 Å². The second kappa shape index (κ2) is 7.32. The molecule has 1 rings (SSSR count). The first-order chi connectivity index (χ1) is 8.50. The van der Waals surface area contributed by atoms with E-state index in [1.807, 2.05) is 19.9 Å². The zero-order chi connectivity index (χ0) is 13.5. The number of nitrogens with one attached hydrogen (secondary N) is 1. The minimum atomic E-state index is -0.135. The molecule has 0 bridgehead atoms. The Morgan fingerprint density at radius 2 is 2.11 bits per heavy atom. The van der Waals surface area contributed by atoms with Crippen molar-refractivity contribution in [2.75, 3.05) is 13.1 Å². The van der Waals surface area contributed by atoms with Gasteiger partial charge in [0.15, 0.2) is 0 Å². The van der Waals surface area contributed by atoms with Gasteiger partial charge in [0.2, 0.25) is 0 Å². The zero-order valence-corrected chi connectivity index (χ0v) is 11.9. The van der Waals surface area contributed by atoms with Crippen molar-refractivity contribution in [1.82, 2.24) is 5.32 Å². The molecule has 2 heteroatoms. The molecule has 0 heterocycles. The van der Waals surface area contributed by atoms with Gasteiger partial charge >= 0.3 is 0 Å². The van der Waals surface area contributed by atoms with Gasteiger partial charge in [-0.05, 0) is 57.0 Å². The standard InChI is InChI=1S/C16H24FN/c1-12(2)11-18-9-5-6-14(4)15-10-13(3)7-8-16(15)17/h6-8,10,12,18H,5,9,11H2,1-4H3. The number of aryl methyl sites for hydroxylation is 1. The number of allylic oxidation sites excluding steroid dienone is 1. The van der Waals surface area contributed by atoms with Gasteiger partial charge in [-0.15, -0.1) is 0 Å². The predicted octanol–water partition coefficient (Wildman–Crippen LogP) is 4.17. The van der Waals surface area contributed by atoms with Gasteiger partial charge in [-0.3, -0.25) is 0 Å². The minimum Gasteiger partial charge on any atom is -0.316 e. The molecule has 1 N–H and O–H groups in total. The second-order valence-electron chi connectivity index (χ2n) is 5.26. The van der Waals surface area contributed by atoms with Crippen LogP contribution >= 0.6 is 0 Å². The van der Waals surface area contributed by atoms with Crippen LogP contribution in [0.4, 0.5) is 4.39 Å². The Kier molecular flexibility index (Phi) is 6.06. The first-order valence-electron chi connectivity index (χ1n) is 6.64. The van der Waals surface area contributed by atoms with Gasteiger partial charge in [-0.2, -0.15) is 0 Å². The van der Waals surface area contributed by atoms with Crippen LogP contribution in [0.5, 0.6) is 0 Å². The summed E-state index contributed by atoms with van der Waals surface area (Å²) >= 11 is 0. The van der Waals surface area contributed by atoms with Gasteiger partial charge in [0.25, 0.3) is 0 Å². The molecule has 0 saturated carbocycles. The maximum absolute atomic E-state index is 13.6. The number of halogens is 1. The third-order valence-electron chi connectivity index (χ3n) is 2.87. The van der Waals surface area contributed by atoms with Crippen LogP contribution in [-0.4, -0.2) is 13.1 Å². The largest absolute Gasteiger partial charge is 0.316 e. The molecule has 0 aliphatic carbocycles. The van der Waals surface area contributed by atoms with Crippen molar-refractivity contribution in [2.24, 2.45) is 5.92 Å². The van der Waals surface area contributed by atoms with Crippen molar-refractivity contribution < 1.29 is 4.39 Å². The van der Waals surface area contributed by atoms with E-state index in [9.17, 15) is 4.39 Å². The average molecular weight is 249 g/mol. The molecule has 0 amide bonds. The molecule has 0 saturated heterocycles. The number of benzene rings is 1. The lowest BCUT2D eigenvalue weighted by Gasteiger charge is -2.07. The zero-order valence-electron chi connectivity index (χ0n) is 11.9. The molecule has 0 aliphatic rings. The lowest BCUT2D eigenvalue weighted by molar-refractivity contribution is 0.557. The van der Waals surface area contributed by atoms with Crippen LogP contribution in [0.1, 0.15) is 38.3 Å². The van der Waals surface area contributed by atoms with E-state index in [4.69, 9.17) is 0 Å². The summed E-state index contributed by atoms with van der Waals surface area (Å²) in [7, 11) is 0. The number of rotatable bonds is 6. The predicted molar refractivity (Wildman–Crippen MR) is 77.1 cm³/mol. The summed E-state index contributed by atoms with van der Waals surface area (Å²) in [4.78, 5) is 0. The van der Waals surface area contributed by atoms with Crippen molar-refractivity contribution in [2.45, 2.75) is 34.1 Å². The Bertz CT molecular complexity index is 408. The van der Waals surface area contributed by atoms with E-state index in [2.05, 4.69) is 25.2 Å². The minimum absolute atomic E-state index is 0.135. The van der Waals surface area contributed by atoms with Crippen LogP contribution in [0, 0.1) is 18.7 Å². The van der Waals surface area contributed by atoms with Crippen molar-refractivity contribution in [3.8, 4) is 0 Å². The molecule has 0 fully saturated rings. The molecule has 0 aromatic heterocycles. The first-order valence-corrected chi connectivity index (χ1v) is 6.64. The average Bonchev–Trinajstić information content (AvgIpc) is 2.31. The Morgan fingerprint density at radius 3 is 2.78 bits per heavy atom. The second-order valence-corrected chi connectivity index (χ2v) is 5.26. The van der Waals surface area contributed by atoms with Gasteiger partial charge in [-0.25, -0.2) is 4.39 Å². The molecule has 100 valence electrons. The summed E-state index contributed by atoms with van der Waals surface area (Å²) in [6.45, 7) is 10.3. The lowest BCUT2D eigenvalue weighted by atomic mass is 10.0. The Hall–Kier alpha value is -1.15. The fourth-order valence-electron chi connectivity index (χ4n) is 1.83. The molecule has 0 atom stereocenters. The number of hydrogen-bond donors (Lipinski definition) is 1. The van der Waals surface area contributed by atoms with Crippen LogP contribution < -0.4 is 5.32 Å².